The first-order valence-corrected chi connectivity index (χ1v) is 7.25. The predicted molar refractivity (Wildman–Crippen MR) is 90.0 cm³/mol. The molecule has 0 aliphatic rings. The highest BCUT2D eigenvalue weighted by Gasteiger charge is 2.05. The maximum Gasteiger partial charge on any atom is 0.234 e. The van der Waals surface area contributed by atoms with Crippen molar-refractivity contribution in [2.24, 2.45) is 0 Å². The van der Waals surface area contributed by atoms with E-state index in [1.165, 1.54) is 5.56 Å². The quantitative estimate of drug-likeness (QED) is 0.779. The van der Waals surface area contributed by atoms with Crippen molar-refractivity contribution in [1.29, 1.82) is 0 Å². The second-order valence-electron chi connectivity index (χ2n) is 4.93. The number of rotatable bonds is 8. The summed E-state index contributed by atoms with van der Waals surface area (Å²) in [5.41, 5.74) is 1.35. The summed E-state index contributed by atoms with van der Waals surface area (Å²) in [4.78, 5) is 15.7. The van der Waals surface area contributed by atoms with Crippen molar-refractivity contribution >= 4 is 18.3 Å². The average molecular weight is 323 g/mol. The summed E-state index contributed by atoms with van der Waals surface area (Å²) in [6, 6.07) is 10.5. The number of nitrogens with one attached hydrogen (secondary N) is 2. The minimum Gasteiger partial charge on any atom is -0.348 e. The summed E-state index contributed by atoms with van der Waals surface area (Å²) < 4.78 is 2.10. The van der Waals surface area contributed by atoms with Crippen molar-refractivity contribution in [3.05, 3.63) is 54.1 Å². The molecule has 0 atom stereocenters. The molecule has 120 valence electrons. The van der Waals surface area contributed by atoms with Crippen LogP contribution < -0.4 is 10.6 Å². The van der Waals surface area contributed by atoms with E-state index in [1.807, 2.05) is 12.3 Å². The summed E-state index contributed by atoms with van der Waals surface area (Å²) in [6.07, 6.45) is 5.84. The molecule has 5 nitrogen and oxygen atoms in total. The molecule has 1 amide bonds. The third-order valence-corrected chi connectivity index (χ3v) is 3.29. The Morgan fingerprint density at radius 2 is 2.05 bits per heavy atom. The van der Waals surface area contributed by atoms with Crippen LogP contribution in [0.3, 0.4) is 0 Å². The van der Waals surface area contributed by atoms with Crippen molar-refractivity contribution in [3.8, 4) is 0 Å². The zero-order valence-electron chi connectivity index (χ0n) is 12.8. The molecule has 22 heavy (non-hydrogen) atoms. The van der Waals surface area contributed by atoms with Gasteiger partial charge in [-0.25, -0.2) is 4.98 Å². The number of benzene rings is 1. The molecule has 1 aromatic carbocycles. The van der Waals surface area contributed by atoms with Crippen LogP contribution >= 0.6 is 12.4 Å². The van der Waals surface area contributed by atoms with Gasteiger partial charge in [-0.1, -0.05) is 30.3 Å². The molecule has 0 unspecified atom stereocenters. The minimum absolute atomic E-state index is 0. The smallest absolute Gasteiger partial charge is 0.234 e. The fourth-order valence-corrected chi connectivity index (χ4v) is 2.21. The van der Waals surface area contributed by atoms with Crippen LogP contribution in [-0.2, 0) is 24.3 Å². The number of carbonyl (C=O) groups excluding carboxylic acids is 1. The van der Waals surface area contributed by atoms with Gasteiger partial charge in [0, 0.05) is 18.9 Å². The molecule has 0 fully saturated rings. The van der Waals surface area contributed by atoms with Gasteiger partial charge in [0.2, 0.25) is 5.91 Å². The number of imidazole rings is 1. The van der Waals surface area contributed by atoms with Gasteiger partial charge in [0.05, 0.1) is 13.1 Å². The topological polar surface area (TPSA) is 59.0 Å². The summed E-state index contributed by atoms with van der Waals surface area (Å²) in [5, 5.41) is 5.68. The predicted octanol–water partition coefficient (Wildman–Crippen LogP) is 1.77. The van der Waals surface area contributed by atoms with Gasteiger partial charge in [0.25, 0.3) is 0 Å². The van der Waals surface area contributed by atoms with Gasteiger partial charge in [0.15, 0.2) is 0 Å². The van der Waals surface area contributed by atoms with Crippen molar-refractivity contribution < 1.29 is 4.79 Å². The Hall–Kier alpha value is -1.85. The normalized spacial score (nSPS) is 10.0. The molecule has 6 heteroatoms. The molecule has 0 bridgehead atoms. The van der Waals surface area contributed by atoms with Gasteiger partial charge >= 0.3 is 0 Å². The highest BCUT2D eigenvalue weighted by Crippen LogP contribution is 2.05. The number of likely N-dealkylation sites (N-methyl/N-ethyl adjacent to an activating group) is 1. The Morgan fingerprint density at radius 3 is 2.77 bits per heavy atom. The Kier molecular flexibility index (Phi) is 8.25. The van der Waals surface area contributed by atoms with Crippen LogP contribution in [0.4, 0.5) is 0 Å². The molecule has 2 N–H and O–H groups in total. The standard InChI is InChI=1S/C16H22N4O.ClH/c1-17-13-16(21)19-12-15-18-9-11-20(15)10-5-8-14-6-3-2-4-7-14;/h2-4,6-7,9,11,17H,5,8,10,12-13H2,1H3,(H,19,21);1H. The number of nitrogens with zero attached hydrogens (tertiary/aromatic N) is 2. The minimum atomic E-state index is -0.0173. The first kappa shape index (κ1) is 18.2. The van der Waals surface area contributed by atoms with Gasteiger partial charge in [-0.05, 0) is 25.5 Å². The summed E-state index contributed by atoms with van der Waals surface area (Å²) >= 11 is 0. The lowest BCUT2D eigenvalue weighted by Crippen LogP contribution is -2.32. The highest BCUT2D eigenvalue weighted by atomic mass is 35.5. The van der Waals surface area contributed by atoms with Gasteiger partial charge in [-0.2, -0.15) is 0 Å². The van der Waals surface area contributed by atoms with Crippen LogP contribution in [0.15, 0.2) is 42.7 Å². The fourth-order valence-electron chi connectivity index (χ4n) is 2.21. The Labute approximate surface area is 137 Å². The largest absolute Gasteiger partial charge is 0.348 e. The lowest BCUT2D eigenvalue weighted by molar-refractivity contribution is -0.120. The van der Waals surface area contributed by atoms with E-state index in [2.05, 4.69) is 44.5 Å². The number of aryl methyl sites for hydroxylation is 2. The van der Waals surface area contributed by atoms with E-state index >= 15 is 0 Å². The van der Waals surface area contributed by atoms with E-state index in [4.69, 9.17) is 0 Å². The second-order valence-corrected chi connectivity index (χ2v) is 4.93. The van der Waals surface area contributed by atoms with E-state index in [0.29, 0.717) is 13.1 Å². The van der Waals surface area contributed by atoms with Crippen molar-refractivity contribution in [3.63, 3.8) is 0 Å². The molecule has 0 radical (unpaired) electrons. The third-order valence-electron chi connectivity index (χ3n) is 3.29. The van der Waals surface area contributed by atoms with Gasteiger partial charge in [-0.3, -0.25) is 4.79 Å². The molecule has 0 aliphatic heterocycles. The van der Waals surface area contributed by atoms with Gasteiger partial charge in [0.1, 0.15) is 5.82 Å². The van der Waals surface area contributed by atoms with E-state index in [1.54, 1.807) is 13.2 Å². The number of carbonyl (C=O) groups is 1. The molecular formula is C16H23ClN4O. The van der Waals surface area contributed by atoms with Crippen LogP contribution in [-0.4, -0.2) is 29.1 Å². The SMILES string of the molecule is CNCC(=O)NCc1nccn1CCCc1ccccc1.Cl. The Bertz CT molecular complexity index is 556. The lowest BCUT2D eigenvalue weighted by atomic mass is 10.1. The van der Waals surface area contributed by atoms with Crippen LogP contribution in [0, 0.1) is 0 Å². The summed E-state index contributed by atoms with van der Waals surface area (Å²) in [6.45, 7) is 1.71. The van der Waals surface area contributed by atoms with E-state index in [0.717, 1.165) is 25.2 Å². The van der Waals surface area contributed by atoms with Gasteiger partial charge in [-0.15, -0.1) is 12.4 Å². The molecule has 1 heterocycles. The average Bonchev–Trinajstić information content (AvgIpc) is 2.94. The van der Waals surface area contributed by atoms with Crippen LogP contribution in [0.2, 0.25) is 0 Å². The van der Waals surface area contributed by atoms with Crippen molar-refractivity contribution in [2.45, 2.75) is 25.9 Å². The Balaban J connectivity index is 0.00000242. The number of halogens is 1. The molecular weight excluding hydrogens is 300 g/mol. The van der Waals surface area contributed by atoms with E-state index in [9.17, 15) is 4.79 Å². The molecule has 2 rings (SSSR count). The van der Waals surface area contributed by atoms with Crippen LogP contribution in [0.1, 0.15) is 17.8 Å². The monoisotopic (exact) mass is 322 g/mol. The van der Waals surface area contributed by atoms with Crippen LogP contribution in [0.25, 0.3) is 0 Å². The Morgan fingerprint density at radius 1 is 1.27 bits per heavy atom. The molecule has 2 aromatic rings. The summed E-state index contributed by atoms with van der Waals surface area (Å²) in [7, 11) is 1.75. The zero-order valence-corrected chi connectivity index (χ0v) is 13.6. The van der Waals surface area contributed by atoms with Crippen molar-refractivity contribution in [2.75, 3.05) is 13.6 Å². The molecule has 1 aromatic heterocycles. The number of aromatic nitrogens is 2. The summed E-state index contributed by atoms with van der Waals surface area (Å²) in [5.74, 6) is 0.879. The maximum absolute atomic E-state index is 11.4. The maximum atomic E-state index is 11.4. The van der Waals surface area contributed by atoms with E-state index in [-0.39, 0.29) is 18.3 Å². The number of amides is 1. The number of hydrogen-bond acceptors (Lipinski definition) is 3. The first-order chi connectivity index (χ1) is 10.3. The second kappa shape index (κ2) is 9.97. The molecule has 0 saturated carbocycles. The van der Waals surface area contributed by atoms with E-state index < -0.39 is 0 Å². The molecule has 0 spiro atoms. The molecule has 0 aliphatic carbocycles. The fraction of sp³-hybridized carbons (Fsp3) is 0.375. The zero-order chi connectivity index (χ0) is 14.9. The lowest BCUT2D eigenvalue weighted by Gasteiger charge is -2.09. The van der Waals surface area contributed by atoms with Crippen LogP contribution in [0.5, 0.6) is 0 Å². The van der Waals surface area contributed by atoms with Crippen molar-refractivity contribution in [1.82, 2.24) is 20.2 Å². The molecule has 0 saturated heterocycles. The third kappa shape index (κ3) is 5.87. The number of hydrogen-bond donors (Lipinski definition) is 2. The first-order valence-electron chi connectivity index (χ1n) is 7.25. The van der Waals surface area contributed by atoms with Gasteiger partial charge < -0.3 is 15.2 Å². The highest BCUT2D eigenvalue weighted by molar-refractivity contribution is 5.85.